The van der Waals surface area contributed by atoms with Crippen molar-refractivity contribution in [3.8, 4) is 5.75 Å². The first-order valence-electron chi connectivity index (χ1n) is 7.61. The first-order chi connectivity index (χ1) is 12.4. The number of halogens is 3. The van der Waals surface area contributed by atoms with Gasteiger partial charge < -0.3 is 14.0 Å². The highest BCUT2D eigenvalue weighted by Crippen LogP contribution is 2.34. The minimum Gasteiger partial charge on any atom is -0.485 e. The third kappa shape index (κ3) is 3.76. The summed E-state index contributed by atoms with van der Waals surface area (Å²) in [6.07, 6.45) is -4.61. The first-order valence-corrected chi connectivity index (χ1v) is 7.61. The molecule has 0 saturated carbocycles. The Hall–Kier alpha value is -3.10. The summed E-state index contributed by atoms with van der Waals surface area (Å²) in [5.41, 5.74) is -0.945. The molecule has 0 atom stereocenters. The molecule has 9 heteroatoms. The van der Waals surface area contributed by atoms with Gasteiger partial charge in [-0.05, 0) is 19.1 Å². The summed E-state index contributed by atoms with van der Waals surface area (Å²) in [5.74, 6) is -0.490. The van der Waals surface area contributed by atoms with Gasteiger partial charge in [0.25, 0.3) is 0 Å². The minimum absolute atomic E-state index is 0.00277. The lowest BCUT2D eigenvalue weighted by Gasteiger charge is -2.12. The zero-order valence-electron chi connectivity index (χ0n) is 13.5. The molecule has 26 heavy (non-hydrogen) atoms. The van der Waals surface area contributed by atoms with Crippen LogP contribution in [0.25, 0.3) is 10.9 Å². The maximum absolute atomic E-state index is 13.0. The molecule has 0 N–H and O–H groups in total. The number of hydrogen-bond acceptors (Lipinski definition) is 6. The van der Waals surface area contributed by atoms with E-state index < -0.39 is 17.8 Å². The smallest absolute Gasteiger partial charge is 0.433 e. The number of benzene rings is 1. The van der Waals surface area contributed by atoms with Crippen molar-refractivity contribution in [1.82, 2.24) is 10.1 Å². The van der Waals surface area contributed by atoms with E-state index in [-0.39, 0.29) is 35.9 Å². The number of para-hydroxylation sites is 1. The molecule has 1 aromatic carbocycles. The number of aromatic nitrogens is 2. The van der Waals surface area contributed by atoms with E-state index in [0.717, 1.165) is 6.07 Å². The molecule has 2 aromatic heterocycles. The van der Waals surface area contributed by atoms with Gasteiger partial charge in [-0.25, -0.2) is 9.78 Å². The van der Waals surface area contributed by atoms with Crippen molar-refractivity contribution in [2.24, 2.45) is 0 Å². The molecule has 0 aliphatic rings. The van der Waals surface area contributed by atoms with Gasteiger partial charge in [0.05, 0.1) is 12.1 Å². The van der Waals surface area contributed by atoms with Gasteiger partial charge in [-0.15, -0.1) is 0 Å². The van der Waals surface area contributed by atoms with Crippen molar-refractivity contribution in [3.05, 3.63) is 53.5 Å². The highest BCUT2D eigenvalue weighted by molar-refractivity contribution is 5.87. The quantitative estimate of drug-likeness (QED) is 0.636. The van der Waals surface area contributed by atoms with Gasteiger partial charge in [-0.2, -0.15) is 13.2 Å². The van der Waals surface area contributed by atoms with Gasteiger partial charge >= 0.3 is 12.1 Å². The molecule has 0 aliphatic carbocycles. The van der Waals surface area contributed by atoms with Crippen LogP contribution < -0.4 is 4.74 Å². The lowest BCUT2D eigenvalue weighted by Crippen LogP contribution is -2.09. The van der Waals surface area contributed by atoms with E-state index in [2.05, 4.69) is 10.1 Å². The number of pyridine rings is 1. The van der Waals surface area contributed by atoms with Gasteiger partial charge in [0.15, 0.2) is 11.5 Å². The summed E-state index contributed by atoms with van der Waals surface area (Å²) in [7, 11) is 0. The summed E-state index contributed by atoms with van der Waals surface area (Å²) in [6.45, 7) is 1.62. The summed E-state index contributed by atoms with van der Waals surface area (Å²) in [6, 6.07) is 8.45. The molecule has 0 amide bonds. The summed E-state index contributed by atoms with van der Waals surface area (Å²) in [5, 5.41) is 3.97. The van der Waals surface area contributed by atoms with Gasteiger partial charge in [0.2, 0.25) is 0 Å². The summed E-state index contributed by atoms with van der Waals surface area (Å²) >= 11 is 0. The number of alkyl halides is 3. The molecule has 3 rings (SSSR count). The second-order valence-corrected chi connectivity index (χ2v) is 5.21. The molecule has 2 heterocycles. The zero-order chi connectivity index (χ0) is 18.7. The number of esters is 1. The zero-order valence-corrected chi connectivity index (χ0v) is 13.5. The topological polar surface area (TPSA) is 74.5 Å². The van der Waals surface area contributed by atoms with Gasteiger partial charge in [-0.3, -0.25) is 0 Å². The predicted octanol–water partition coefficient (Wildman–Crippen LogP) is 4.00. The van der Waals surface area contributed by atoms with Crippen LogP contribution in [-0.4, -0.2) is 22.7 Å². The molecule has 3 aromatic rings. The number of ether oxygens (including phenoxy) is 2. The molecule has 136 valence electrons. The van der Waals surface area contributed by atoms with E-state index >= 15 is 0 Å². The average Bonchev–Trinajstić information content (AvgIpc) is 3.08. The van der Waals surface area contributed by atoms with Gasteiger partial charge in [0, 0.05) is 17.5 Å². The number of fused-ring (bicyclic) bond motifs is 1. The Labute approximate surface area is 145 Å². The number of rotatable bonds is 5. The predicted molar refractivity (Wildman–Crippen MR) is 83.5 cm³/mol. The Bertz CT molecular complexity index is 937. The fraction of sp³-hybridized carbons (Fsp3) is 0.235. The van der Waals surface area contributed by atoms with E-state index in [1.165, 1.54) is 12.1 Å². The molecule has 0 unspecified atom stereocenters. The number of nitrogens with zero attached hydrogens (tertiary/aromatic N) is 2. The Balaban J connectivity index is 1.85. The van der Waals surface area contributed by atoms with Crippen LogP contribution >= 0.6 is 0 Å². The number of carbonyl (C=O) groups excluding carboxylic acids is 1. The molecule has 0 aliphatic heterocycles. The van der Waals surface area contributed by atoms with Crippen molar-refractivity contribution in [3.63, 3.8) is 0 Å². The molecule has 6 nitrogen and oxygen atoms in total. The molecule has 0 spiro atoms. The van der Waals surface area contributed by atoms with E-state index in [1.54, 1.807) is 25.1 Å². The van der Waals surface area contributed by atoms with Crippen LogP contribution in [0.2, 0.25) is 0 Å². The van der Waals surface area contributed by atoms with Crippen molar-refractivity contribution in [2.45, 2.75) is 19.7 Å². The highest BCUT2D eigenvalue weighted by atomic mass is 19.4. The fourth-order valence-electron chi connectivity index (χ4n) is 2.24. The third-order valence-corrected chi connectivity index (χ3v) is 3.38. The SMILES string of the molecule is CCOC(=O)c1cc(COc2cc(C(F)(F)F)nc3ccccc23)on1. The van der Waals surface area contributed by atoms with Crippen LogP contribution in [0.4, 0.5) is 13.2 Å². The Kier molecular flexibility index (Phi) is 4.79. The number of hydrogen-bond donors (Lipinski definition) is 0. The molecule has 0 radical (unpaired) electrons. The first kappa shape index (κ1) is 17.7. The lowest BCUT2D eigenvalue weighted by molar-refractivity contribution is -0.141. The van der Waals surface area contributed by atoms with Crippen molar-refractivity contribution in [2.75, 3.05) is 6.61 Å². The van der Waals surface area contributed by atoms with Crippen molar-refractivity contribution < 1.29 is 32.0 Å². The molecular formula is C17H13F3N2O4. The molecule has 0 saturated heterocycles. The Morgan fingerprint density at radius 1 is 1.23 bits per heavy atom. The van der Waals surface area contributed by atoms with Gasteiger partial charge in [-0.1, -0.05) is 17.3 Å². The van der Waals surface area contributed by atoms with Crippen LogP contribution in [-0.2, 0) is 17.5 Å². The molecular weight excluding hydrogens is 353 g/mol. The number of carbonyl (C=O) groups is 1. The van der Waals surface area contributed by atoms with Crippen molar-refractivity contribution in [1.29, 1.82) is 0 Å². The summed E-state index contributed by atoms with van der Waals surface area (Å²) < 4.78 is 54.3. The van der Waals surface area contributed by atoms with E-state index in [0.29, 0.717) is 5.39 Å². The second-order valence-electron chi connectivity index (χ2n) is 5.21. The summed E-state index contributed by atoms with van der Waals surface area (Å²) in [4.78, 5) is 15.2. The van der Waals surface area contributed by atoms with Crippen LogP contribution in [0, 0.1) is 0 Å². The maximum Gasteiger partial charge on any atom is 0.433 e. The normalized spacial score (nSPS) is 11.5. The standard InChI is InChI=1S/C17H13F3N2O4/c1-2-24-16(23)13-7-10(26-22-13)9-25-14-8-15(17(18,19)20)21-12-6-4-3-5-11(12)14/h3-8H,2,9H2,1H3. The Morgan fingerprint density at radius 3 is 2.73 bits per heavy atom. The van der Waals surface area contributed by atoms with E-state index in [4.69, 9.17) is 14.0 Å². The fourth-order valence-corrected chi connectivity index (χ4v) is 2.24. The monoisotopic (exact) mass is 366 g/mol. The van der Waals surface area contributed by atoms with E-state index in [9.17, 15) is 18.0 Å². The van der Waals surface area contributed by atoms with Crippen LogP contribution in [0.15, 0.2) is 40.9 Å². The van der Waals surface area contributed by atoms with Gasteiger partial charge in [0.1, 0.15) is 18.1 Å². The van der Waals surface area contributed by atoms with Crippen LogP contribution in [0.1, 0.15) is 28.9 Å². The van der Waals surface area contributed by atoms with E-state index in [1.807, 2.05) is 0 Å². The molecule has 0 bridgehead atoms. The largest absolute Gasteiger partial charge is 0.485 e. The maximum atomic E-state index is 13.0. The lowest BCUT2D eigenvalue weighted by atomic mass is 10.2. The average molecular weight is 366 g/mol. The molecule has 0 fully saturated rings. The Morgan fingerprint density at radius 2 is 2.00 bits per heavy atom. The van der Waals surface area contributed by atoms with Crippen LogP contribution in [0.5, 0.6) is 5.75 Å². The highest BCUT2D eigenvalue weighted by Gasteiger charge is 2.33. The second kappa shape index (κ2) is 7.03. The van der Waals surface area contributed by atoms with Crippen LogP contribution in [0.3, 0.4) is 0 Å². The third-order valence-electron chi connectivity index (χ3n) is 3.38. The van der Waals surface area contributed by atoms with Crippen molar-refractivity contribution >= 4 is 16.9 Å². The minimum atomic E-state index is -4.61.